The van der Waals surface area contributed by atoms with Crippen molar-refractivity contribution in [1.29, 1.82) is 5.26 Å². The molecular formula is C19H11Cl3N4O4. The third kappa shape index (κ3) is 3.71. The molecule has 1 aromatic heterocycles. The molecule has 0 aliphatic rings. The van der Waals surface area contributed by atoms with Gasteiger partial charge in [0.15, 0.2) is 0 Å². The summed E-state index contributed by atoms with van der Waals surface area (Å²) in [6.07, 6.45) is 0. The number of nitrogens with one attached hydrogen (secondary N) is 1. The van der Waals surface area contributed by atoms with E-state index in [2.05, 4.69) is 11.2 Å². The first-order chi connectivity index (χ1) is 14.1. The molecule has 0 saturated carbocycles. The normalized spacial score (nSPS) is 12.8. The standard InChI is InChI=1S/C19H11Cl3N4O4/c1-19(8-23,9-2-4-10(20)5-3-9)14-12(21)6-11(7-13(14)22)26-18(30)24-16(27)15(25-26)17(28)29/h2-7H,1H3,(H,28,29)(H,24,27,30). The van der Waals surface area contributed by atoms with Gasteiger partial charge in [-0.25, -0.2) is 9.59 Å². The van der Waals surface area contributed by atoms with E-state index in [1.54, 1.807) is 31.2 Å². The van der Waals surface area contributed by atoms with E-state index in [4.69, 9.17) is 39.9 Å². The van der Waals surface area contributed by atoms with E-state index in [0.29, 0.717) is 15.3 Å². The quantitative estimate of drug-likeness (QED) is 0.607. The summed E-state index contributed by atoms with van der Waals surface area (Å²) in [5, 5.41) is 23.1. The van der Waals surface area contributed by atoms with Gasteiger partial charge < -0.3 is 5.11 Å². The average molecular weight is 466 g/mol. The van der Waals surface area contributed by atoms with Gasteiger partial charge in [-0.3, -0.25) is 9.78 Å². The Labute approximate surface area is 183 Å². The number of H-pyrrole nitrogens is 1. The molecular weight excluding hydrogens is 455 g/mol. The van der Waals surface area contributed by atoms with E-state index in [9.17, 15) is 19.6 Å². The number of hydrogen-bond donors (Lipinski definition) is 2. The highest BCUT2D eigenvalue weighted by Crippen LogP contribution is 2.41. The Morgan fingerprint density at radius 2 is 1.73 bits per heavy atom. The highest BCUT2D eigenvalue weighted by molar-refractivity contribution is 6.36. The van der Waals surface area contributed by atoms with E-state index < -0.39 is 28.3 Å². The van der Waals surface area contributed by atoms with Crippen LogP contribution >= 0.6 is 34.8 Å². The van der Waals surface area contributed by atoms with Crippen LogP contribution in [0, 0.1) is 11.3 Å². The van der Waals surface area contributed by atoms with Gasteiger partial charge in [-0.2, -0.15) is 15.0 Å². The Bertz CT molecular complexity index is 1300. The van der Waals surface area contributed by atoms with Crippen LogP contribution in [0.25, 0.3) is 5.69 Å². The molecule has 1 atom stereocenters. The second-order valence-corrected chi connectivity index (χ2v) is 7.60. The molecule has 3 rings (SSSR count). The lowest BCUT2D eigenvalue weighted by molar-refractivity contribution is 0.0685. The number of aromatic amines is 1. The molecule has 0 fully saturated rings. The fourth-order valence-electron chi connectivity index (χ4n) is 2.92. The minimum absolute atomic E-state index is 0.00824. The Balaban J connectivity index is 2.22. The summed E-state index contributed by atoms with van der Waals surface area (Å²) >= 11 is 18.8. The second-order valence-electron chi connectivity index (χ2n) is 6.35. The first kappa shape index (κ1) is 21.6. The minimum Gasteiger partial charge on any atom is -0.476 e. The van der Waals surface area contributed by atoms with Crippen LogP contribution in [0.4, 0.5) is 0 Å². The van der Waals surface area contributed by atoms with Gasteiger partial charge in [0.05, 0.1) is 11.8 Å². The zero-order valence-electron chi connectivity index (χ0n) is 15.1. The number of benzene rings is 2. The maximum Gasteiger partial charge on any atom is 0.362 e. The van der Waals surface area contributed by atoms with Crippen LogP contribution < -0.4 is 11.2 Å². The molecule has 3 aromatic rings. The molecule has 0 aliphatic heterocycles. The molecule has 1 unspecified atom stereocenters. The predicted octanol–water partition coefficient (Wildman–Crippen LogP) is 3.41. The molecule has 11 heteroatoms. The van der Waals surface area contributed by atoms with Crippen molar-refractivity contribution in [2.24, 2.45) is 0 Å². The Hall–Kier alpha value is -3.12. The first-order valence-corrected chi connectivity index (χ1v) is 9.36. The van der Waals surface area contributed by atoms with Crippen molar-refractivity contribution >= 4 is 40.8 Å². The number of nitriles is 1. The number of nitrogens with zero attached hydrogens (tertiary/aromatic N) is 3. The molecule has 0 saturated heterocycles. The van der Waals surface area contributed by atoms with E-state index in [-0.39, 0.29) is 21.3 Å². The van der Waals surface area contributed by atoms with Crippen molar-refractivity contribution in [1.82, 2.24) is 14.8 Å². The first-order valence-electron chi connectivity index (χ1n) is 8.22. The van der Waals surface area contributed by atoms with E-state index in [1.807, 2.05) is 4.98 Å². The molecule has 0 aliphatic carbocycles. The van der Waals surface area contributed by atoms with Crippen LogP contribution in [0.1, 0.15) is 28.5 Å². The number of rotatable bonds is 4. The summed E-state index contributed by atoms with van der Waals surface area (Å²) < 4.78 is 0.651. The maximum atomic E-state index is 12.1. The summed E-state index contributed by atoms with van der Waals surface area (Å²) in [4.78, 5) is 36.8. The van der Waals surface area contributed by atoms with Crippen molar-refractivity contribution in [3.63, 3.8) is 0 Å². The summed E-state index contributed by atoms with van der Waals surface area (Å²) in [6, 6.07) is 11.4. The molecule has 8 nitrogen and oxygen atoms in total. The predicted molar refractivity (Wildman–Crippen MR) is 111 cm³/mol. The molecule has 0 spiro atoms. The minimum atomic E-state index is -1.61. The summed E-state index contributed by atoms with van der Waals surface area (Å²) in [7, 11) is 0. The van der Waals surface area contributed by atoms with Crippen LogP contribution in [-0.2, 0) is 5.41 Å². The third-order valence-corrected chi connectivity index (χ3v) is 5.30. The van der Waals surface area contributed by atoms with Crippen LogP contribution in [-0.4, -0.2) is 25.8 Å². The maximum absolute atomic E-state index is 12.1. The molecule has 1 heterocycles. The Morgan fingerprint density at radius 3 is 2.23 bits per heavy atom. The lowest BCUT2D eigenvalue weighted by Crippen LogP contribution is -2.35. The average Bonchev–Trinajstić information content (AvgIpc) is 2.67. The summed E-state index contributed by atoms with van der Waals surface area (Å²) in [6.45, 7) is 1.62. The van der Waals surface area contributed by atoms with Crippen LogP contribution in [0.2, 0.25) is 15.1 Å². The monoisotopic (exact) mass is 464 g/mol. The molecule has 0 bridgehead atoms. The molecule has 152 valence electrons. The van der Waals surface area contributed by atoms with Gasteiger partial charge in [0, 0.05) is 20.6 Å². The molecule has 2 N–H and O–H groups in total. The fourth-order valence-corrected chi connectivity index (χ4v) is 3.90. The van der Waals surface area contributed by atoms with E-state index >= 15 is 0 Å². The summed E-state index contributed by atoms with van der Waals surface area (Å²) in [5.74, 6) is -1.61. The highest BCUT2D eigenvalue weighted by atomic mass is 35.5. The number of carbonyl (C=O) groups is 1. The van der Waals surface area contributed by atoms with Gasteiger partial charge in [-0.15, -0.1) is 0 Å². The molecule has 0 radical (unpaired) electrons. The molecule has 0 amide bonds. The molecule has 2 aromatic carbocycles. The van der Waals surface area contributed by atoms with Gasteiger partial charge in [0.25, 0.3) is 5.56 Å². The van der Waals surface area contributed by atoms with Crippen LogP contribution in [0.15, 0.2) is 46.0 Å². The van der Waals surface area contributed by atoms with Crippen molar-refractivity contribution in [3.05, 3.63) is 89.1 Å². The smallest absolute Gasteiger partial charge is 0.362 e. The lowest BCUT2D eigenvalue weighted by atomic mass is 9.77. The van der Waals surface area contributed by atoms with Crippen molar-refractivity contribution < 1.29 is 9.90 Å². The van der Waals surface area contributed by atoms with Gasteiger partial charge in [0.1, 0.15) is 5.41 Å². The second kappa shape index (κ2) is 7.95. The van der Waals surface area contributed by atoms with E-state index in [0.717, 1.165) is 0 Å². The zero-order valence-corrected chi connectivity index (χ0v) is 17.4. The topological polar surface area (TPSA) is 129 Å². The zero-order chi connectivity index (χ0) is 22.2. The Morgan fingerprint density at radius 1 is 1.17 bits per heavy atom. The summed E-state index contributed by atoms with van der Waals surface area (Å²) in [5.41, 5.74) is -3.40. The van der Waals surface area contributed by atoms with Gasteiger partial charge in [-0.1, -0.05) is 46.9 Å². The van der Waals surface area contributed by atoms with Gasteiger partial charge in [-0.05, 0) is 36.8 Å². The van der Waals surface area contributed by atoms with Crippen molar-refractivity contribution in [2.45, 2.75) is 12.3 Å². The van der Waals surface area contributed by atoms with Crippen LogP contribution in [0.5, 0.6) is 0 Å². The number of aromatic carboxylic acids is 1. The number of carboxylic acid groups (broad SMARTS) is 1. The lowest BCUT2D eigenvalue weighted by Gasteiger charge is -2.25. The fraction of sp³-hybridized carbons (Fsp3) is 0.105. The van der Waals surface area contributed by atoms with Crippen molar-refractivity contribution in [3.8, 4) is 11.8 Å². The number of halogens is 3. The number of hydrogen-bond acceptors (Lipinski definition) is 5. The Kier molecular flexibility index (Phi) is 5.72. The number of aromatic nitrogens is 3. The SMILES string of the molecule is CC(C#N)(c1ccc(Cl)cc1)c1c(Cl)cc(-n2nc(C(=O)O)c(=O)[nH]c2=O)cc1Cl. The molecule has 30 heavy (non-hydrogen) atoms. The van der Waals surface area contributed by atoms with Crippen LogP contribution in [0.3, 0.4) is 0 Å². The van der Waals surface area contributed by atoms with E-state index in [1.165, 1.54) is 12.1 Å². The largest absolute Gasteiger partial charge is 0.476 e. The number of carboxylic acids is 1. The van der Waals surface area contributed by atoms with Crippen molar-refractivity contribution in [2.75, 3.05) is 0 Å². The van der Waals surface area contributed by atoms with Gasteiger partial charge in [0.2, 0.25) is 5.69 Å². The van der Waals surface area contributed by atoms with Gasteiger partial charge >= 0.3 is 11.7 Å². The third-order valence-electron chi connectivity index (χ3n) is 4.45. The highest BCUT2D eigenvalue weighted by Gasteiger charge is 2.34.